The molecule has 25 heavy (non-hydrogen) atoms. The number of benzene rings is 1. The van der Waals surface area contributed by atoms with E-state index in [1.807, 2.05) is 30.3 Å². The van der Waals surface area contributed by atoms with Gasteiger partial charge in [0.2, 0.25) is 0 Å². The molecule has 0 saturated heterocycles. The minimum atomic E-state index is -1.58. The molecule has 2 heterocycles. The molecule has 0 saturated carbocycles. The van der Waals surface area contributed by atoms with Gasteiger partial charge in [-0.15, -0.1) is 0 Å². The summed E-state index contributed by atoms with van der Waals surface area (Å²) in [6.07, 6.45) is 3.68. The Hall–Kier alpha value is -2.73. The van der Waals surface area contributed by atoms with Crippen molar-refractivity contribution in [3.8, 4) is 0 Å². The fourth-order valence-electron chi connectivity index (χ4n) is 3.97. The number of carboxylic acids is 1. The summed E-state index contributed by atoms with van der Waals surface area (Å²) in [5, 5.41) is 13.5. The van der Waals surface area contributed by atoms with Crippen LogP contribution in [0.4, 0.5) is 0 Å². The molecule has 2 atom stereocenters. The lowest BCUT2D eigenvalue weighted by atomic mass is 9.73. The molecule has 4 rings (SSSR count). The van der Waals surface area contributed by atoms with Gasteiger partial charge in [-0.3, -0.25) is 15.5 Å². The molecule has 2 aromatic rings. The smallest absolute Gasteiger partial charge is 0.344 e. The van der Waals surface area contributed by atoms with Crippen LogP contribution >= 0.6 is 0 Å². The Kier molecular flexibility index (Phi) is 3.58. The third-order valence-electron chi connectivity index (χ3n) is 5.14. The zero-order chi connectivity index (χ0) is 17.6. The number of carbonyl (C=O) groups is 2. The summed E-state index contributed by atoms with van der Waals surface area (Å²) in [7, 11) is 0. The van der Waals surface area contributed by atoms with Gasteiger partial charge in [0.1, 0.15) is 0 Å². The van der Waals surface area contributed by atoms with Crippen LogP contribution in [0.5, 0.6) is 0 Å². The number of rotatable bonds is 2. The van der Waals surface area contributed by atoms with E-state index >= 15 is 0 Å². The normalized spacial score (nSPS) is 26.3. The van der Waals surface area contributed by atoms with Gasteiger partial charge in [-0.25, -0.2) is 4.79 Å². The number of nitrogens with two attached hydrogens (primary N) is 1. The summed E-state index contributed by atoms with van der Waals surface area (Å²) < 4.78 is 0. The third-order valence-corrected chi connectivity index (χ3v) is 5.14. The highest BCUT2D eigenvalue weighted by atomic mass is 16.4. The molecule has 1 aromatic heterocycles. The lowest BCUT2D eigenvalue weighted by molar-refractivity contribution is -0.145. The van der Waals surface area contributed by atoms with E-state index in [1.165, 1.54) is 0 Å². The van der Waals surface area contributed by atoms with Gasteiger partial charge in [0, 0.05) is 41.6 Å². The van der Waals surface area contributed by atoms with Crippen molar-refractivity contribution in [1.29, 1.82) is 0 Å². The summed E-state index contributed by atoms with van der Waals surface area (Å²) >= 11 is 0. The molecule has 0 radical (unpaired) electrons. The Labute approximate surface area is 144 Å². The molecular weight excluding hydrogens is 318 g/mol. The second-order valence-electron chi connectivity index (χ2n) is 6.74. The van der Waals surface area contributed by atoms with E-state index < -0.39 is 11.6 Å². The van der Waals surface area contributed by atoms with E-state index in [0.717, 1.165) is 16.5 Å². The Bertz CT molecular complexity index is 916. The summed E-state index contributed by atoms with van der Waals surface area (Å²) in [6.45, 7) is 0. The summed E-state index contributed by atoms with van der Waals surface area (Å²) in [4.78, 5) is 28.8. The largest absolute Gasteiger partial charge is 0.478 e. The lowest BCUT2D eigenvalue weighted by Gasteiger charge is -2.41. The first-order chi connectivity index (χ1) is 12.0. The Morgan fingerprint density at radius 3 is 2.88 bits per heavy atom. The lowest BCUT2D eigenvalue weighted by Crippen LogP contribution is -2.62. The number of nitrogens with zero attached hydrogens (tertiary/aromatic N) is 1. The number of hydrogen-bond acceptors (Lipinski definition) is 5. The number of carboxylic acid groups (broad SMARTS) is 1. The van der Waals surface area contributed by atoms with Crippen molar-refractivity contribution in [1.82, 2.24) is 10.3 Å². The van der Waals surface area contributed by atoms with Crippen LogP contribution in [0.1, 0.15) is 37.2 Å². The van der Waals surface area contributed by atoms with Crippen molar-refractivity contribution in [3.05, 3.63) is 53.4 Å². The van der Waals surface area contributed by atoms with Gasteiger partial charge in [0.15, 0.2) is 11.4 Å². The molecule has 2 unspecified atom stereocenters. The molecule has 6 heteroatoms. The number of nitrogens with one attached hydrogen (secondary N) is 1. The van der Waals surface area contributed by atoms with Crippen LogP contribution in [0.2, 0.25) is 0 Å². The molecule has 0 bridgehead atoms. The maximum Gasteiger partial charge on any atom is 0.344 e. The highest BCUT2D eigenvalue weighted by molar-refractivity contribution is 6.00. The standard InChI is InChI=1S/C19H19N3O3/c20-19(18(24)25)10-13(17-15(22-19)6-3-7-16(17)23)11-8-9-21-14-5-2-1-4-12(11)14/h1-2,4-5,8-9,13,22H,3,6-7,10,20H2,(H,24,25). The monoisotopic (exact) mass is 337 g/mol. The number of Topliss-reactive ketones (excluding diaryl/α,β-unsaturated/α-hetero) is 1. The van der Waals surface area contributed by atoms with Gasteiger partial charge in [-0.2, -0.15) is 0 Å². The highest BCUT2D eigenvalue weighted by Crippen LogP contribution is 2.43. The summed E-state index contributed by atoms with van der Waals surface area (Å²) in [5.74, 6) is -1.38. The minimum Gasteiger partial charge on any atom is -0.478 e. The molecule has 1 aliphatic heterocycles. The number of carbonyl (C=O) groups excluding carboxylic acids is 1. The number of allylic oxidation sites excluding steroid dienone is 2. The third kappa shape index (κ3) is 2.49. The highest BCUT2D eigenvalue weighted by Gasteiger charge is 2.46. The van der Waals surface area contributed by atoms with E-state index in [1.54, 1.807) is 6.20 Å². The summed E-state index contributed by atoms with van der Waals surface area (Å²) in [6, 6.07) is 9.55. The van der Waals surface area contributed by atoms with E-state index in [9.17, 15) is 14.7 Å². The van der Waals surface area contributed by atoms with Crippen molar-refractivity contribution >= 4 is 22.7 Å². The van der Waals surface area contributed by atoms with Gasteiger partial charge in [0.25, 0.3) is 0 Å². The van der Waals surface area contributed by atoms with Crippen LogP contribution < -0.4 is 11.1 Å². The number of pyridine rings is 1. The molecule has 2 aliphatic rings. The van der Waals surface area contributed by atoms with Crippen molar-refractivity contribution in [2.45, 2.75) is 37.3 Å². The zero-order valence-electron chi connectivity index (χ0n) is 13.7. The average molecular weight is 337 g/mol. The fraction of sp³-hybridized carbons (Fsp3) is 0.316. The van der Waals surface area contributed by atoms with Crippen LogP contribution in [0.15, 0.2) is 47.8 Å². The Morgan fingerprint density at radius 2 is 2.08 bits per heavy atom. The first-order valence-corrected chi connectivity index (χ1v) is 8.40. The topological polar surface area (TPSA) is 105 Å². The first kappa shape index (κ1) is 15.8. The van der Waals surface area contributed by atoms with E-state index in [2.05, 4.69) is 10.3 Å². The second kappa shape index (κ2) is 5.67. The average Bonchev–Trinajstić information content (AvgIpc) is 2.60. The number of ketones is 1. The number of para-hydroxylation sites is 1. The number of hydrogen-bond donors (Lipinski definition) is 3. The fourth-order valence-corrected chi connectivity index (χ4v) is 3.97. The van der Waals surface area contributed by atoms with E-state index in [4.69, 9.17) is 5.73 Å². The van der Waals surface area contributed by atoms with Crippen molar-refractivity contribution in [2.24, 2.45) is 5.73 Å². The number of aromatic nitrogens is 1. The van der Waals surface area contributed by atoms with Gasteiger partial charge in [0.05, 0.1) is 5.52 Å². The van der Waals surface area contributed by atoms with Crippen LogP contribution in [-0.2, 0) is 9.59 Å². The van der Waals surface area contributed by atoms with Gasteiger partial charge >= 0.3 is 5.97 Å². The maximum atomic E-state index is 12.6. The second-order valence-corrected chi connectivity index (χ2v) is 6.74. The molecule has 4 N–H and O–H groups in total. The minimum absolute atomic E-state index is 0.0760. The van der Waals surface area contributed by atoms with Crippen LogP contribution in [0.25, 0.3) is 10.9 Å². The van der Waals surface area contributed by atoms with E-state index in [0.29, 0.717) is 30.5 Å². The molecule has 128 valence electrons. The van der Waals surface area contributed by atoms with Crippen LogP contribution in [0.3, 0.4) is 0 Å². The van der Waals surface area contributed by atoms with Gasteiger partial charge in [-0.05, 0) is 30.5 Å². The molecular formula is C19H19N3O3. The van der Waals surface area contributed by atoms with Crippen molar-refractivity contribution < 1.29 is 14.7 Å². The number of fused-ring (bicyclic) bond motifs is 1. The molecule has 0 spiro atoms. The van der Waals surface area contributed by atoms with Gasteiger partial charge < -0.3 is 10.4 Å². The predicted octanol–water partition coefficient (Wildman–Crippen LogP) is 2.06. The molecule has 0 fully saturated rings. The number of aliphatic carboxylic acids is 1. The Morgan fingerprint density at radius 1 is 1.28 bits per heavy atom. The predicted molar refractivity (Wildman–Crippen MR) is 92.7 cm³/mol. The quantitative estimate of drug-likeness (QED) is 0.775. The maximum absolute atomic E-state index is 12.6. The van der Waals surface area contributed by atoms with Gasteiger partial charge in [-0.1, -0.05) is 18.2 Å². The Balaban J connectivity index is 1.93. The van der Waals surface area contributed by atoms with Crippen molar-refractivity contribution in [3.63, 3.8) is 0 Å². The molecule has 0 amide bonds. The van der Waals surface area contributed by atoms with Crippen LogP contribution in [0, 0.1) is 0 Å². The van der Waals surface area contributed by atoms with Crippen LogP contribution in [-0.4, -0.2) is 27.5 Å². The summed E-state index contributed by atoms with van der Waals surface area (Å²) in [5.41, 5.74) is 7.67. The zero-order valence-corrected chi connectivity index (χ0v) is 13.7. The van der Waals surface area contributed by atoms with E-state index in [-0.39, 0.29) is 18.1 Å². The molecule has 1 aromatic carbocycles. The SMILES string of the molecule is NC1(C(=O)O)CC(c2ccnc3ccccc23)C2=C(CCCC2=O)N1. The molecule has 6 nitrogen and oxygen atoms in total. The first-order valence-electron chi connectivity index (χ1n) is 8.40. The molecule has 1 aliphatic carbocycles. The van der Waals surface area contributed by atoms with Crippen molar-refractivity contribution in [2.75, 3.05) is 0 Å².